The Kier molecular flexibility index (Phi) is 7.13. The zero-order valence-electron chi connectivity index (χ0n) is 17.7. The molecule has 0 N–H and O–H groups in total. The summed E-state index contributed by atoms with van der Waals surface area (Å²) in [6, 6.07) is 7.47. The van der Waals surface area contributed by atoms with E-state index in [1.807, 2.05) is 23.1 Å². The number of hydrogen-bond donors (Lipinski definition) is 0. The smallest absolute Gasteiger partial charge is 0.236 e. The summed E-state index contributed by atoms with van der Waals surface area (Å²) in [6.45, 7) is 1.88. The van der Waals surface area contributed by atoms with Gasteiger partial charge in [-0.05, 0) is 31.0 Å². The number of hydrogen-bond acceptors (Lipinski definition) is 8. The summed E-state index contributed by atoms with van der Waals surface area (Å²) in [5.74, 6) is 1.37. The quantitative estimate of drug-likeness (QED) is 0.481. The van der Waals surface area contributed by atoms with Crippen molar-refractivity contribution in [3.8, 4) is 11.3 Å². The Balaban J connectivity index is 1.26. The molecule has 1 aliphatic rings. The van der Waals surface area contributed by atoms with Crippen LogP contribution in [0.4, 0.5) is 5.95 Å². The topological polar surface area (TPSA) is 105 Å². The van der Waals surface area contributed by atoms with Crippen LogP contribution in [-0.2, 0) is 16.4 Å². The number of anilines is 1. The Morgan fingerprint density at radius 2 is 1.59 bits per heavy atom. The zero-order chi connectivity index (χ0) is 22.2. The lowest BCUT2D eigenvalue weighted by atomic mass is 10.2. The van der Waals surface area contributed by atoms with Crippen LogP contribution in [0.1, 0.15) is 18.7 Å². The van der Waals surface area contributed by atoms with Gasteiger partial charge in [0.1, 0.15) is 5.82 Å². The second-order valence-electron chi connectivity index (χ2n) is 7.35. The molecule has 10 heteroatoms. The average Bonchev–Trinajstić information content (AvgIpc) is 2.85. The fourth-order valence-corrected chi connectivity index (χ4v) is 4.63. The first-order valence-corrected chi connectivity index (χ1v) is 12.0. The minimum absolute atomic E-state index is 0.399. The number of unbranched alkanes of at least 4 members (excludes halogenated alkanes) is 1. The van der Waals surface area contributed by atoms with Gasteiger partial charge in [-0.15, -0.1) is 0 Å². The molecule has 0 radical (unpaired) electrons. The van der Waals surface area contributed by atoms with Crippen LogP contribution in [0.15, 0.2) is 66.7 Å². The van der Waals surface area contributed by atoms with Gasteiger partial charge in [0, 0.05) is 74.6 Å². The summed E-state index contributed by atoms with van der Waals surface area (Å²) >= 11 is 0. The molecule has 4 rings (SSSR count). The SMILES string of the molecule is O=S(=O)(/C=C/CCCc1ncccn1)N1CCN(c2ncc(-c3ccccn3)cn2)CC1. The number of allylic oxidation sites excluding steroid dienone is 1. The fraction of sp³-hybridized carbons (Fsp3) is 0.318. The summed E-state index contributed by atoms with van der Waals surface area (Å²) in [6.07, 6.45) is 12.5. The van der Waals surface area contributed by atoms with E-state index in [0.717, 1.165) is 29.9 Å². The number of rotatable bonds is 8. The highest BCUT2D eigenvalue weighted by molar-refractivity contribution is 7.92. The molecule has 9 nitrogen and oxygen atoms in total. The zero-order valence-corrected chi connectivity index (χ0v) is 18.5. The summed E-state index contributed by atoms with van der Waals surface area (Å²) in [5, 5.41) is 1.31. The van der Waals surface area contributed by atoms with Crippen LogP contribution in [-0.4, -0.2) is 63.8 Å². The Labute approximate surface area is 188 Å². The molecular weight excluding hydrogens is 426 g/mol. The second kappa shape index (κ2) is 10.4. The van der Waals surface area contributed by atoms with Gasteiger partial charge in [-0.3, -0.25) is 4.98 Å². The molecule has 3 aromatic rings. The lowest BCUT2D eigenvalue weighted by molar-refractivity contribution is 0.387. The maximum absolute atomic E-state index is 12.6. The van der Waals surface area contributed by atoms with Crippen LogP contribution in [0, 0.1) is 0 Å². The van der Waals surface area contributed by atoms with Gasteiger partial charge in [-0.1, -0.05) is 12.1 Å². The van der Waals surface area contributed by atoms with Crippen LogP contribution < -0.4 is 4.90 Å². The summed E-state index contributed by atoms with van der Waals surface area (Å²) in [4.78, 5) is 23.5. The van der Waals surface area contributed by atoms with Gasteiger partial charge in [0.2, 0.25) is 16.0 Å². The van der Waals surface area contributed by atoms with Gasteiger partial charge < -0.3 is 4.90 Å². The second-order valence-corrected chi connectivity index (χ2v) is 9.17. The maximum Gasteiger partial charge on any atom is 0.236 e. The minimum Gasteiger partial charge on any atom is -0.338 e. The largest absolute Gasteiger partial charge is 0.338 e. The van der Waals surface area contributed by atoms with Gasteiger partial charge in [0.15, 0.2) is 0 Å². The molecule has 1 fully saturated rings. The Morgan fingerprint density at radius 1 is 0.875 bits per heavy atom. The van der Waals surface area contributed by atoms with Gasteiger partial charge >= 0.3 is 0 Å². The van der Waals surface area contributed by atoms with Gasteiger partial charge in [0.25, 0.3) is 0 Å². The Hall–Kier alpha value is -3.24. The molecule has 0 spiro atoms. The van der Waals surface area contributed by atoms with Crippen molar-refractivity contribution >= 4 is 16.0 Å². The molecule has 1 saturated heterocycles. The molecule has 32 heavy (non-hydrogen) atoms. The molecule has 166 valence electrons. The third-order valence-corrected chi connectivity index (χ3v) is 6.76. The lowest BCUT2D eigenvalue weighted by Crippen LogP contribution is -2.48. The van der Waals surface area contributed by atoms with E-state index in [9.17, 15) is 8.42 Å². The molecular formula is C22H25N7O2S. The van der Waals surface area contributed by atoms with E-state index in [0.29, 0.717) is 38.5 Å². The summed E-state index contributed by atoms with van der Waals surface area (Å²) < 4.78 is 26.7. The normalized spacial score (nSPS) is 15.3. The van der Waals surface area contributed by atoms with Crippen molar-refractivity contribution in [3.63, 3.8) is 0 Å². The van der Waals surface area contributed by atoms with E-state index in [1.165, 1.54) is 9.71 Å². The fourth-order valence-electron chi connectivity index (χ4n) is 3.41. The Morgan fingerprint density at radius 3 is 2.28 bits per heavy atom. The third kappa shape index (κ3) is 5.71. The van der Waals surface area contributed by atoms with E-state index >= 15 is 0 Å². The molecule has 0 atom stereocenters. The Bertz CT molecular complexity index is 1120. The van der Waals surface area contributed by atoms with Crippen LogP contribution in [0.25, 0.3) is 11.3 Å². The van der Waals surface area contributed by atoms with Crippen LogP contribution in [0.3, 0.4) is 0 Å². The van der Waals surface area contributed by atoms with E-state index < -0.39 is 10.0 Å². The summed E-state index contributed by atoms with van der Waals surface area (Å²) in [5.41, 5.74) is 1.66. The summed E-state index contributed by atoms with van der Waals surface area (Å²) in [7, 11) is -3.43. The van der Waals surface area contributed by atoms with E-state index in [1.54, 1.807) is 43.1 Å². The van der Waals surface area contributed by atoms with Gasteiger partial charge in [-0.2, -0.15) is 4.31 Å². The van der Waals surface area contributed by atoms with Crippen LogP contribution in [0.2, 0.25) is 0 Å². The standard InChI is InChI=1S/C22H25N7O2S/c30-32(31,16-5-1-2-8-21-24-10-6-11-25-21)29-14-12-28(13-15-29)22-26-17-19(18-27-22)20-7-3-4-9-23-20/h3-7,9-11,16-18H,1-2,8,12-15H2/b16-5+. The van der Waals surface area contributed by atoms with Crippen molar-refractivity contribution in [2.45, 2.75) is 19.3 Å². The number of piperazine rings is 1. The first kappa shape index (κ1) is 22.0. The highest BCUT2D eigenvalue weighted by Crippen LogP contribution is 2.18. The number of aromatic nitrogens is 5. The third-order valence-electron chi connectivity index (χ3n) is 5.14. The van der Waals surface area contributed by atoms with E-state index in [2.05, 4.69) is 24.9 Å². The molecule has 3 aromatic heterocycles. The average molecular weight is 452 g/mol. The molecule has 4 heterocycles. The highest BCUT2D eigenvalue weighted by Gasteiger charge is 2.26. The lowest BCUT2D eigenvalue weighted by Gasteiger charge is -2.33. The molecule has 0 aromatic carbocycles. The van der Waals surface area contributed by atoms with Crippen molar-refractivity contribution in [1.82, 2.24) is 29.2 Å². The van der Waals surface area contributed by atoms with Crippen molar-refractivity contribution in [2.75, 3.05) is 31.1 Å². The number of pyridine rings is 1. The number of sulfonamides is 1. The monoisotopic (exact) mass is 451 g/mol. The van der Waals surface area contributed by atoms with Crippen molar-refractivity contribution < 1.29 is 8.42 Å². The molecule has 0 bridgehead atoms. The van der Waals surface area contributed by atoms with Crippen LogP contribution in [0.5, 0.6) is 0 Å². The van der Waals surface area contributed by atoms with E-state index in [4.69, 9.17) is 0 Å². The first-order valence-electron chi connectivity index (χ1n) is 10.5. The highest BCUT2D eigenvalue weighted by atomic mass is 32.2. The number of aryl methyl sites for hydroxylation is 1. The molecule has 0 aliphatic carbocycles. The molecule has 0 amide bonds. The molecule has 1 aliphatic heterocycles. The van der Waals surface area contributed by atoms with Crippen molar-refractivity contribution in [2.24, 2.45) is 0 Å². The molecule has 0 saturated carbocycles. The van der Waals surface area contributed by atoms with Gasteiger partial charge in [-0.25, -0.2) is 28.4 Å². The maximum atomic E-state index is 12.6. The minimum atomic E-state index is -3.43. The van der Waals surface area contributed by atoms with Crippen molar-refractivity contribution in [3.05, 3.63) is 72.6 Å². The predicted molar refractivity (Wildman–Crippen MR) is 122 cm³/mol. The van der Waals surface area contributed by atoms with Crippen molar-refractivity contribution in [1.29, 1.82) is 0 Å². The first-order chi connectivity index (χ1) is 15.6. The molecule has 0 unspecified atom stereocenters. The van der Waals surface area contributed by atoms with Crippen LogP contribution >= 0.6 is 0 Å². The van der Waals surface area contributed by atoms with Gasteiger partial charge in [0.05, 0.1) is 5.69 Å². The number of nitrogens with zero attached hydrogens (tertiary/aromatic N) is 7. The van der Waals surface area contributed by atoms with E-state index in [-0.39, 0.29) is 0 Å². The predicted octanol–water partition coefficient (Wildman–Crippen LogP) is 2.32.